The Morgan fingerprint density at radius 3 is 3.05 bits per heavy atom. The summed E-state index contributed by atoms with van der Waals surface area (Å²) < 4.78 is 0. The Bertz CT molecular complexity index is 668. The molecule has 0 radical (unpaired) electrons. The van der Waals surface area contributed by atoms with Crippen LogP contribution in [0.4, 0.5) is 5.13 Å². The molecule has 3 N–H and O–H groups in total. The first-order chi connectivity index (χ1) is 10.7. The number of nitrogens with one attached hydrogen (secondary N) is 1. The lowest BCUT2D eigenvalue weighted by molar-refractivity contribution is 0.0952. The molecule has 2 aromatic heterocycles. The number of nitrogens with zero attached hydrogens (tertiary/aromatic N) is 2. The molecule has 0 bridgehead atoms. The van der Waals surface area contributed by atoms with Gasteiger partial charge in [0.1, 0.15) is 0 Å². The molecule has 0 aromatic carbocycles. The minimum absolute atomic E-state index is 0.0429. The van der Waals surface area contributed by atoms with Crippen molar-refractivity contribution in [1.82, 2.24) is 15.3 Å². The average molecular weight is 316 g/mol. The van der Waals surface area contributed by atoms with Crippen molar-refractivity contribution >= 4 is 22.4 Å². The third kappa shape index (κ3) is 3.62. The van der Waals surface area contributed by atoms with Gasteiger partial charge in [0.25, 0.3) is 5.91 Å². The standard InChI is InChI=1S/C16H20N4OS/c17-16-20-13(10-22-16)5-3-7-18-15(21)12-8-11-4-1-2-6-14(11)19-9-12/h8-10H,1-7H2,(H2,17,20)(H,18,21). The molecular weight excluding hydrogens is 296 g/mol. The van der Waals surface area contributed by atoms with Gasteiger partial charge in [-0.2, -0.15) is 0 Å². The zero-order chi connectivity index (χ0) is 15.4. The lowest BCUT2D eigenvalue weighted by Crippen LogP contribution is -2.25. The molecular formula is C16H20N4OS. The molecule has 0 unspecified atom stereocenters. The fourth-order valence-electron chi connectivity index (χ4n) is 2.72. The number of hydrogen-bond donors (Lipinski definition) is 2. The minimum atomic E-state index is -0.0429. The van der Waals surface area contributed by atoms with E-state index in [0.29, 0.717) is 17.2 Å². The van der Waals surface area contributed by atoms with Gasteiger partial charge < -0.3 is 11.1 Å². The second-order valence-electron chi connectivity index (χ2n) is 5.57. The van der Waals surface area contributed by atoms with Crippen molar-refractivity contribution in [3.8, 4) is 0 Å². The van der Waals surface area contributed by atoms with E-state index in [2.05, 4.69) is 15.3 Å². The number of aromatic nitrogens is 2. The number of aryl methyl sites for hydroxylation is 3. The van der Waals surface area contributed by atoms with Crippen molar-refractivity contribution in [3.63, 3.8) is 0 Å². The number of nitrogens with two attached hydrogens (primary N) is 1. The second-order valence-corrected chi connectivity index (χ2v) is 6.46. The Morgan fingerprint density at radius 1 is 1.36 bits per heavy atom. The quantitative estimate of drug-likeness (QED) is 0.830. The van der Waals surface area contributed by atoms with Gasteiger partial charge in [-0.1, -0.05) is 0 Å². The Morgan fingerprint density at radius 2 is 2.23 bits per heavy atom. The van der Waals surface area contributed by atoms with Crippen molar-refractivity contribution in [3.05, 3.63) is 40.2 Å². The van der Waals surface area contributed by atoms with E-state index in [-0.39, 0.29) is 5.91 Å². The lowest BCUT2D eigenvalue weighted by Gasteiger charge is -2.15. The summed E-state index contributed by atoms with van der Waals surface area (Å²) in [6.45, 7) is 0.632. The van der Waals surface area contributed by atoms with Gasteiger partial charge in [0.15, 0.2) is 5.13 Å². The molecule has 22 heavy (non-hydrogen) atoms. The van der Waals surface area contributed by atoms with Crippen LogP contribution in [0.15, 0.2) is 17.6 Å². The van der Waals surface area contributed by atoms with Crippen LogP contribution in [0, 0.1) is 0 Å². The van der Waals surface area contributed by atoms with Crippen molar-refractivity contribution in [2.24, 2.45) is 0 Å². The van der Waals surface area contributed by atoms with E-state index < -0.39 is 0 Å². The highest BCUT2D eigenvalue weighted by molar-refractivity contribution is 7.13. The summed E-state index contributed by atoms with van der Waals surface area (Å²) >= 11 is 1.45. The number of thiazole rings is 1. The molecule has 0 saturated heterocycles. The highest BCUT2D eigenvalue weighted by atomic mass is 32.1. The second kappa shape index (κ2) is 6.87. The molecule has 0 atom stereocenters. The fourth-order valence-corrected chi connectivity index (χ4v) is 3.32. The molecule has 1 aliphatic rings. The van der Waals surface area contributed by atoms with E-state index in [9.17, 15) is 4.79 Å². The molecule has 6 heteroatoms. The number of carbonyl (C=O) groups excluding carboxylic acids is 1. The van der Waals surface area contributed by atoms with E-state index in [1.807, 2.05) is 11.4 Å². The van der Waals surface area contributed by atoms with E-state index in [4.69, 9.17) is 5.73 Å². The Kier molecular flexibility index (Phi) is 4.68. The van der Waals surface area contributed by atoms with Gasteiger partial charge >= 0.3 is 0 Å². The van der Waals surface area contributed by atoms with Gasteiger partial charge in [-0.3, -0.25) is 9.78 Å². The summed E-state index contributed by atoms with van der Waals surface area (Å²) in [5.74, 6) is -0.0429. The van der Waals surface area contributed by atoms with E-state index in [1.54, 1.807) is 6.20 Å². The SMILES string of the molecule is Nc1nc(CCCNC(=O)c2cnc3c(c2)CCCC3)cs1. The third-order valence-electron chi connectivity index (χ3n) is 3.90. The predicted molar refractivity (Wildman–Crippen MR) is 88.1 cm³/mol. The van der Waals surface area contributed by atoms with Crippen molar-refractivity contribution < 1.29 is 4.79 Å². The topological polar surface area (TPSA) is 80.9 Å². The minimum Gasteiger partial charge on any atom is -0.375 e. The molecule has 0 fully saturated rings. The van der Waals surface area contributed by atoms with Gasteiger partial charge in [-0.15, -0.1) is 11.3 Å². The first kappa shape index (κ1) is 15.0. The number of nitrogen functional groups attached to an aromatic ring is 1. The Hall–Kier alpha value is -1.95. The van der Waals surface area contributed by atoms with Gasteiger partial charge in [0.05, 0.1) is 11.3 Å². The summed E-state index contributed by atoms with van der Waals surface area (Å²) in [5.41, 5.74) is 9.64. The number of hydrogen-bond acceptors (Lipinski definition) is 5. The third-order valence-corrected chi connectivity index (χ3v) is 4.62. The number of fused-ring (bicyclic) bond motifs is 1. The first-order valence-electron chi connectivity index (χ1n) is 7.68. The summed E-state index contributed by atoms with van der Waals surface area (Å²) in [6, 6.07) is 2.00. The molecule has 2 aromatic rings. The van der Waals surface area contributed by atoms with Crippen LogP contribution in [0.3, 0.4) is 0 Å². The fraction of sp³-hybridized carbons (Fsp3) is 0.438. The van der Waals surface area contributed by atoms with Gasteiger partial charge in [-0.05, 0) is 50.2 Å². The Labute approximate surface area is 134 Å². The van der Waals surface area contributed by atoms with Crippen molar-refractivity contribution in [2.75, 3.05) is 12.3 Å². The van der Waals surface area contributed by atoms with Crippen LogP contribution in [0.2, 0.25) is 0 Å². The van der Waals surface area contributed by atoms with Crippen LogP contribution in [0.1, 0.15) is 46.6 Å². The highest BCUT2D eigenvalue weighted by Crippen LogP contribution is 2.20. The molecule has 116 valence electrons. The average Bonchev–Trinajstić information content (AvgIpc) is 2.96. The van der Waals surface area contributed by atoms with Crippen LogP contribution in [0.5, 0.6) is 0 Å². The Balaban J connectivity index is 1.49. The zero-order valence-corrected chi connectivity index (χ0v) is 13.3. The molecule has 1 aliphatic carbocycles. The van der Waals surface area contributed by atoms with Crippen LogP contribution in [-0.2, 0) is 19.3 Å². The van der Waals surface area contributed by atoms with Crippen molar-refractivity contribution in [2.45, 2.75) is 38.5 Å². The monoisotopic (exact) mass is 316 g/mol. The van der Waals surface area contributed by atoms with Gasteiger partial charge in [0, 0.05) is 23.8 Å². The first-order valence-corrected chi connectivity index (χ1v) is 8.56. The molecule has 0 spiro atoms. The lowest BCUT2D eigenvalue weighted by atomic mass is 9.95. The molecule has 0 aliphatic heterocycles. The van der Waals surface area contributed by atoms with E-state index in [1.165, 1.54) is 29.7 Å². The summed E-state index contributed by atoms with van der Waals surface area (Å²) in [5, 5.41) is 5.51. The predicted octanol–water partition coefficient (Wildman–Crippen LogP) is 2.36. The van der Waals surface area contributed by atoms with Gasteiger partial charge in [-0.25, -0.2) is 4.98 Å². The molecule has 3 rings (SSSR count). The normalized spacial score (nSPS) is 13.6. The molecule has 2 heterocycles. The maximum Gasteiger partial charge on any atom is 0.252 e. The smallest absolute Gasteiger partial charge is 0.252 e. The number of anilines is 1. The highest BCUT2D eigenvalue weighted by Gasteiger charge is 2.13. The van der Waals surface area contributed by atoms with Crippen LogP contribution in [-0.4, -0.2) is 22.4 Å². The zero-order valence-electron chi connectivity index (χ0n) is 12.5. The van der Waals surface area contributed by atoms with E-state index >= 15 is 0 Å². The number of amides is 1. The van der Waals surface area contributed by atoms with Crippen LogP contribution < -0.4 is 11.1 Å². The number of pyridine rings is 1. The van der Waals surface area contributed by atoms with Crippen molar-refractivity contribution in [1.29, 1.82) is 0 Å². The van der Waals surface area contributed by atoms with Crippen LogP contribution in [0.25, 0.3) is 0 Å². The summed E-state index contributed by atoms with van der Waals surface area (Å²) in [7, 11) is 0. The maximum absolute atomic E-state index is 12.2. The van der Waals surface area contributed by atoms with E-state index in [0.717, 1.165) is 37.1 Å². The summed E-state index contributed by atoms with van der Waals surface area (Å²) in [6.07, 6.45) is 7.84. The number of carbonyl (C=O) groups is 1. The molecule has 5 nitrogen and oxygen atoms in total. The molecule has 0 saturated carbocycles. The summed E-state index contributed by atoms with van der Waals surface area (Å²) in [4.78, 5) is 20.8. The molecule has 1 amide bonds. The largest absolute Gasteiger partial charge is 0.375 e. The van der Waals surface area contributed by atoms with Gasteiger partial charge in [0.2, 0.25) is 0 Å². The number of rotatable bonds is 5. The van der Waals surface area contributed by atoms with Crippen LogP contribution >= 0.6 is 11.3 Å². The maximum atomic E-state index is 12.2.